The Labute approximate surface area is 160 Å². The molecule has 0 unspecified atom stereocenters. The molecular formula is C20H16N4O2S. The van der Waals surface area contributed by atoms with Crippen LogP contribution < -0.4 is 0 Å². The Hall–Kier alpha value is -3.32. The molecule has 0 radical (unpaired) electrons. The third kappa shape index (κ3) is 4.27. The van der Waals surface area contributed by atoms with E-state index >= 15 is 0 Å². The van der Waals surface area contributed by atoms with E-state index in [0.29, 0.717) is 11.4 Å². The Morgan fingerprint density at radius 2 is 1.89 bits per heavy atom. The van der Waals surface area contributed by atoms with E-state index in [0.717, 1.165) is 16.4 Å². The lowest BCUT2D eigenvalue weighted by molar-refractivity contribution is -0.144. The van der Waals surface area contributed by atoms with Crippen molar-refractivity contribution < 1.29 is 9.53 Å². The highest BCUT2D eigenvalue weighted by atomic mass is 32.1. The number of rotatable bonds is 6. The highest BCUT2D eigenvalue weighted by Gasteiger charge is 2.11. The molecule has 0 spiro atoms. The van der Waals surface area contributed by atoms with E-state index in [2.05, 4.69) is 15.1 Å². The lowest BCUT2D eigenvalue weighted by Crippen LogP contribution is -2.09. The molecule has 0 aliphatic heterocycles. The molecule has 0 atom stereocenters. The van der Waals surface area contributed by atoms with Crippen LogP contribution in [0, 0.1) is 0 Å². The average molecular weight is 376 g/mol. The number of pyridine rings is 1. The Morgan fingerprint density at radius 1 is 1.04 bits per heavy atom. The van der Waals surface area contributed by atoms with E-state index in [-0.39, 0.29) is 19.0 Å². The number of ether oxygens (including phenoxy) is 1. The minimum Gasteiger partial charge on any atom is -0.459 e. The highest BCUT2D eigenvalue weighted by molar-refractivity contribution is 7.13. The van der Waals surface area contributed by atoms with Crippen molar-refractivity contribution in [3.05, 3.63) is 83.8 Å². The number of esters is 1. The van der Waals surface area contributed by atoms with Gasteiger partial charge in [-0.15, -0.1) is 11.3 Å². The fourth-order valence-corrected chi connectivity index (χ4v) is 3.31. The van der Waals surface area contributed by atoms with Crippen molar-refractivity contribution >= 4 is 17.3 Å². The molecular weight excluding hydrogens is 360 g/mol. The van der Waals surface area contributed by atoms with Crippen LogP contribution in [0.4, 0.5) is 0 Å². The third-order valence-corrected chi connectivity index (χ3v) is 4.72. The van der Waals surface area contributed by atoms with Crippen molar-refractivity contribution in [1.29, 1.82) is 0 Å². The number of benzene rings is 1. The van der Waals surface area contributed by atoms with Gasteiger partial charge in [0.15, 0.2) is 0 Å². The summed E-state index contributed by atoms with van der Waals surface area (Å²) in [5.74, 6) is -0.331. The van der Waals surface area contributed by atoms with Gasteiger partial charge in [-0.05, 0) is 30.3 Å². The fourth-order valence-electron chi connectivity index (χ4n) is 2.51. The van der Waals surface area contributed by atoms with E-state index < -0.39 is 0 Å². The molecule has 6 nitrogen and oxygen atoms in total. The van der Waals surface area contributed by atoms with Gasteiger partial charge in [0.1, 0.15) is 17.3 Å². The molecule has 0 aliphatic carbocycles. The molecule has 4 rings (SSSR count). The summed E-state index contributed by atoms with van der Waals surface area (Å²) in [5.41, 5.74) is 3.13. The van der Waals surface area contributed by atoms with Crippen LogP contribution in [0.5, 0.6) is 0 Å². The summed E-state index contributed by atoms with van der Waals surface area (Å²) < 4.78 is 7.08. The number of nitrogens with zero attached hydrogens (tertiary/aromatic N) is 4. The third-order valence-electron chi connectivity index (χ3n) is 3.81. The molecule has 1 aromatic carbocycles. The number of hydrogen-bond donors (Lipinski definition) is 0. The lowest BCUT2D eigenvalue weighted by atomic mass is 10.3. The van der Waals surface area contributed by atoms with Crippen LogP contribution in [0.3, 0.4) is 0 Å². The maximum Gasteiger partial charge on any atom is 0.312 e. The second-order valence-electron chi connectivity index (χ2n) is 5.78. The summed E-state index contributed by atoms with van der Waals surface area (Å²) >= 11 is 1.46. The van der Waals surface area contributed by atoms with Gasteiger partial charge in [0, 0.05) is 17.8 Å². The predicted octanol–water partition coefficient (Wildman–Crippen LogP) is 3.68. The number of carbonyl (C=O) groups excluding carboxylic acids is 1. The Kier molecular flexibility index (Phi) is 5.02. The molecule has 0 N–H and O–H groups in total. The quantitative estimate of drug-likeness (QED) is 0.480. The predicted molar refractivity (Wildman–Crippen MR) is 102 cm³/mol. The van der Waals surface area contributed by atoms with Crippen LogP contribution >= 0.6 is 11.3 Å². The second kappa shape index (κ2) is 7.92. The number of hydrogen-bond acceptors (Lipinski definition) is 6. The zero-order valence-corrected chi connectivity index (χ0v) is 15.2. The second-order valence-corrected chi connectivity index (χ2v) is 6.64. The van der Waals surface area contributed by atoms with Gasteiger partial charge in [-0.1, -0.05) is 24.3 Å². The molecule has 0 saturated carbocycles. The Balaban J connectivity index is 1.33. The van der Waals surface area contributed by atoms with Crippen molar-refractivity contribution in [2.75, 3.05) is 0 Å². The van der Waals surface area contributed by atoms with Crippen LogP contribution in [0.2, 0.25) is 0 Å². The number of thiazole rings is 1. The van der Waals surface area contributed by atoms with Gasteiger partial charge in [-0.3, -0.25) is 9.78 Å². The molecule has 0 aliphatic rings. The monoisotopic (exact) mass is 376 g/mol. The van der Waals surface area contributed by atoms with Crippen molar-refractivity contribution in [2.24, 2.45) is 0 Å². The molecule has 4 aromatic rings. The standard InChI is InChI=1S/C20H16N4O2S/c25-19(12-16-14-27-20(22-16)18-8-4-5-10-21-18)26-13-15-9-11-24(23-15)17-6-2-1-3-7-17/h1-11,14H,12-13H2. The molecule has 0 saturated heterocycles. The first-order valence-electron chi connectivity index (χ1n) is 8.39. The number of carbonyl (C=O) groups is 1. The summed E-state index contributed by atoms with van der Waals surface area (Å²) in [5, 5.41) is 7.07. The van der Waals surface area contributed by atoms with E-state index in [1.165, 1.54) is 11.3 Å². The molecule has 3 heterocycles. The van der Waals surface area contributed by atoms with Crippen molar-refractivity contribution in [3.8, 4) is 16.4 Å². The normalized spacial score (nSPS) is 10.7. The molecule has 7 heteroatoms. The summed E-state index contributed by atoms with van der Waals surface area (Å²) in [6.07, 6.45) is 3.69. The van der Waals surface area contributed by atoms with Crippen LogP contribution in [-0.2, 0) is 22.6 Å². The maximum absolute atomic E-state index is 12.1. The van der Waals surface area contributed by atoms with E-state index in [1.54, 1.807) is 10.9 Å². The topological polar surface area (TPSA) is 69.9 Å². The summed E-state index contributed by atoms with van der Waals surface area (Å²) in [4.78, 5) is 20.8. The number of para-hydroxylation sites is 1. The first-order valence-corrected chi connectivity index (χ1v) is 9.27. The summed E-state index contributed by atoms with van der Waals surface area (Å²) in [7, 11) is 0. The van der Waals surface area contributed by atoms with Crippen molar-refractivity contribution in [2.45, 2.75) is 13.0 Å². The van der Waals surface area contributed by atoms with Crippen LogP contribution in [0.25, 0.3) is 16.4 Å². The maximum atomic E-state index is 12.1. The smallest absolute Gasteiger partial charge is 0.312 e. The summed E-state index contributed by atoms with van der Waals surface area (Å²) in [6.45, 7) is 0.135. The lowest BCUT2D eigenvalue weighted by Gasteiger charge is -2.02. The first kappa shape index (κ1) is 17.1. The summed E-state index contributed by atoms with van der Waals surface area (Å²) in [6, 6.07) is 17.3. The molecule has 134 valence electrons. The molecule has 27 heavy (non-hydrogen) atoms. The van der Waals surface area contributed by atoms with Crippen LogP contribution in [0.15, 0.2) is 72.4 Å². The largest absolute Gasteiger partial charge is 0.459 e. The van der Waals surface area contributed by atoms with E-state index in [9.17, 15) is 4.79 Å². The average Bonchev–Trinajstić information content (AvgIpc) is 3.37. The minimum atomic E-state index is -0.331. The first-order chi connectivity index (χ1) is 13.3. The fraction of sp³-hybridized carbons (Fsp3) is 0.100. The van der Waals surface area contributed by atoms with Gasteiger partial charge < -0.3 is 4.74 Å². The van der Waals surface area contributed by atoms with Crippen molar-refractivity contribution in [1.82, 2.24) is 19.7 Å². The van der Waals surface area contributed by atoms with Gasteiger partial charge in [0.2, 0.25) is 0 Å². The van der Waals surface area contributed by atoms with E-state index in [1.807, 2.05) is 66.2 Å². The Morgan fingerprint density at radius 3 is 2.70 bits per heavy atom. The number of aromatic nitrogens is 4. The Bertz CT molecular complexity index is 1030. The van der Waals surface area contributed by atoms with Gasteiger partial charge in [0.05, 0.1) is 23.5 Å². The highest BCUT2D eigenvalue weighted by Crippen LogP contribution is 2.21. The van der Waals surface area contributed by atoms with Gasteiger partial charge in [0.25, 0.3) is 0 Å². The molecule has 3 aromatic heterocycles. The molecule has 0 amide bonds. The van der Waals surface area contributed by atoms with Crippen LogP contribution in [-0.4, -0.2) is 25.7 Å². The van der Waals surface area contributed by atoms with E-state index in [4.69, 9.17) is 4.74 Å². The minimum absolute atomic E-state index is 0.128. The van der Waals surface area contributed by atoms with Gasteiger partial charge in [-0.2, -0.15) is 5.10 Å². The zero-order valence-electron chi connectivity index (χ0n) is 14.4. The van der Waals surface area contributed by atoms with Gasteiger partial charge in [-0.25, -0.2) is 9.67 Å². The van der Waals surface area contributed by atoms with Crippen LogP contribution in [0.1, 0.15) is 11.4 Å². The molecule has 0 fully saturated rings. The SMILES string of the molecule is O=C(Cc1csc(-c2ccccn2)n1)OCc1ccn(-c2ccccc2)n1. The zero-order chi connectivity index (χ0) is 18.5. The van der Waals surface area contributed by atoms with Crippen molar-refractivity contribution in [3.63, 3.8) is 0 Å². The molecule has 0 bridgehead atoms. The van der Waals surface area contributed by atoms with Gasteiger partial charge >= 0.3 is 5.97 Å².